The summed E-state index contributed by atoms with van der Waals surface area (Å²) < 4.78 is 0. The topological polar surface area (TPSA) is 128 Å². The van der Waals surface area contributed by atoms with E-state index in [4.69, 9.17) is 23.8 Å². The van der Waals surface area contributed by atoms with E-state index in [-0.39, 0.29) is 21.9 Å². The standard InChI is InChI=1S/C37H30ClN5O5S2/c1-3-5-16-26(4-2)43-35(48)29(21-28-32(45)40-36(49)42(34(28)47)27-19-17-25(38)18-20-27)33(46)41-37(43)50-22-30(44)39-31(23-12-8-6-9-13-23)24-14-10-7-11-15-24/h3-21,28,31H,1,22H2,2H3,(H,39,44)(H,40,45,49)/b16-5-,26-4+,29-21+/t28-/m0/s1. The third-order valence-corrected chi connectivity index (χ3v) is 9.01. The summed E-state index contributed by atoms with van der Waals surface area (Å²) in [6.45, 7) is 5.35. The Morgan fingerprint density at radius 2 is 1.64 bits per heavy atom. The molecule has 3 aromatic carbocycles. The van der Waals surface area contributed by atoms with E-state index in [1.165, 1.54) is 6.08 Å². The molecule has 1 fully saturated rings. The number of aliphatic imine (C=N–C) groups is 1. The highest BCUT2D eigenvalue weighted by Crippen LogP contribution is 2.29. The van der Waals surface area contributed by atoms with Crippen LogP contribution in [0.2, 0.25) is 5.02 Å². The molecular formula is C37H30ClN5O5S2. The van der Waals surface area contributed by atoms with E-state index in [0.717, 1.165) is 38.8 Å². The van der Waals surface area contributed by atoms with Crippen molar-refractivity contribution in [1.29, 1.82) is 0 Å². The maximum atomic E-state index is 14.1. The highest BCUT2D eigenvalue weighted by molar-refractivity contribution is 8.14. The number of halogens is 1. The van der Waals surface area contributed by atoms with E-state index < -0.39 is 41.2 Å². The van der Waals surface area contributed by atoms with Gasteiger partial charge >= 0.3 is 0 Å². The van der Waals surface area contributed by atoms with Gasteiger partial charge < -0.3 is 10.6 Å². The van der Waals surface area contributed by atoms with Crippen molar-refractivity contribution in [2.45, 2.75) is 13.0 Å². The Morgan fingerprint density at radius 3 is 2.22 bits per heavy atom. The van der Waals surface area contributed by atoms with Gasteiger partial charge in [0.25, 0.3) is 11.8 Å². The number of anilines is 1. The molecule has 5 amide bonds. The number of nitrogens with zero attached hydrogens (tertiary/aromatic N) is 3. The number of thiocarbonyl (C=S) groups is 1. The van der Waals surface area contributed by atoms with Crippen LogP contribution in [-0.2, 0) is 24.0 Å². The summed E-state index contributed by atoms with van der Waals surface area (Å²) >= 11 is 12.1. The fourth-order valence-electron chi connectivity index (χ4n) is 5.15. The summed E-state index contributed by atoms with van der Waals surface area (Å²) in [6.07, 6.45) is 7.27. The van der Waals surface area contributed by atoms with Crippen LogP contribution in [0.3, 0.4) is 0 Å². The second-order valence-electron chi connectivity index (χ2n) is 10.8. The molecule has 2 aliphatic heterocycles. The molecular weight excluding hydrogens is 694 g/mol. The van der Waals surface area contributed by atoms with Crippen LogP contribution in [0.15, 0.2) is 138 Å². The van der Waals surface area contributed by atoms with E-state index in [0.29, 0.717) is 16.4 Å². The van der Waals surface area contributed by atoms with Crippen molar-refractivity contribution in [3.8, 4) is 0 Å². The van der Waals surface area contributed by atoms with Crippen molar-refractivity contribution < 1.29 is 24.0 Å². The molecule has 0 bridgehead atoms. The third kappa shape index (κ3) is 8.05. The highest BCUT2D eigenvalue weighted by atomic mass is 35.5. The maximum Gasteiger partial charge on any atom is 0.284 e. The quantitative estimate of drug-likeness (QED) is 0.0912. The maximum absolute atomic E-state index is 14.1. The lowest BCUT2D eigenvalue weighted by Crippen LogP contribution is -2.58. The molecule has 2 N–H and O–H groups in total. The summed E-state index contributed by atoms with van der Waals surface area (Å²) in [5, 5.41) is 5.70. The predicted molar refractivity (Wildman–Crippen MR) is 199 cm³/mol. The van der Waals surface area contributed by atoms with Crippen molar-refractivity contribution in [3.05, 3.63) is 149 Å². The van der Waals surface area contributed by atoms with Crippen LogP contribution in [0.5, 0.6) is 0 Å². The molecule has 2 aliphatic rings. The molecule has 1 atom stereocenters. The zero-order valence-corrected chi connectivity index (χ0v) is 29.0. The molecule has 1 saturated heterocycles. The van der Waals surface area contributed by atoms with Gasteiger partial charge in [-0.2, -0.15) is 4.99 Å². The number of amidine groups is 1. The van der Waals surface area contributed by atoms with Gasteiger partial charge in [0.1, 0.15) is 11.5 Å². The van der Waals surface area contributed by atoms with Crippen LogP contribution in [0, 0.1) is 5.92 Å². The van der Waals surface area contributed by atoms with Crippen LogP contribution in [-0.4, -0.2) is 50.5 Å². The summed E-state index contributed by atoms with van der Waals surface area (Å²) in [5.74, 6) is -5.54. The first-order chi connectivity index (χ1) is 24.1. The number of allylic oxidation sites excluding steroid dienone is 4. The van der Waals surface area contributed by atoms with Crippen LogP contribution >= 0.6 is 35.6 Å². The number of thioether (sulfide) groups is 1. The minimum Gasteiger partial charge on any atom is -0.344 e. The van der Waals surface area contributed by atoms with Gasteiger partial charge in [0, 0.05) is 10.7 Å². The van der Waals surface area contributed by atoms with Crippen molar-refractivity contribution in [3.63, 3.8) is 0 Å². The molecule has 0 aliphatic carbocycles. The van der Waals surface area contributed by atoms with Gasteiger partial charge in [0.15, 0.2) is 10.3 Å². The molecule has 50 heavy (non-hydrogen) atoms. The third-order valence-electron chi connectivity index (χ3n) is 7.53. The minimum absolute atomic E-state index is 0.0616. The zero-order valence-electron chi connectivity index (χ0n) is 26.6. The number of hydrogen-bond acceptors (Lipinski definition) is 7. The smallest absolute Gasteiger partial charge is 0.284 e. The SMILES string of the molecule is C=C/C=C\C(=C/C)N1C(=O)/C(=C/[C@H]2C(=O)NC(=S)N(c3ccc(Cl)cc3)C2=O)C(=O)N=C1SCC(=O)NC(c1ccccc1)c1ccccc1. The van der Waals surface area contributed by atoms with E-state index >= 15 is 0 Å². The molecule has 5 rings (SSSR count). The second-order valence-corrected chi connectivity index (χ2v) is 12.5. The van der Waals surface area contributed by atoms with Crippen LogP contribution in [0.1, 0.15) is 24.1 Å². The Morgan fingerprint density at radius 1 is 1.02 bits per heavy atom. The van der Waals surface area contributed by atoms with Crippen LogP contribution < -0.4 is 15.5 Å². The lowest BCUT2D eigenvalue weighted by molar-refractivity contribution is -0.131. The number of carbonyl (C=O) groups excluding carboxylic acids is 5. The largest absolute Gasteiger partial charge is 0.344 e. The number of nitrogens with one attached hydrogen (secondary N) is 2. The number of rotatable bonds is 10. The van der Waals surface area contributed by atoms with Crippen molar-refractivity contribution in [1.82, 2.24) is 15.5 Å². The van der Waals surface area contributed by atoms with Crippen molar-refractivity contribution >= 4 is 81.1 Å². The second kappa shape index (κ2) is 16.3. The van der Waals surface area contributed by atoms with E-state index in [1.807, 2.05) is 60.7 Å². The normalized spacial score (nSPS) is 17.8. The van der Waals surface area contributed by atoms with Crippen molar-refractivity contribution in [2.24, 2.45) is 10.9 Å². The monoisotopic (exact) mass is 723 g/mol. The lowest BCUT2D eigenvalue weighted by atomic mass is 9.99. The molecule has 0 aromatic heterocycles. The first-order valence-electron chi connectivity index (χ1n) is 15.2. The lowest BCUT2D eigenvalue weighted by Gasteiger charge is -2.32. The molecule has 0 unspecified atom stereocenters. The summed E-state index contributed by atoms with van der Waals surface area (Å²) in [6, 6.07) is 24.7. The van der Waals surface area contributed by atoms with Crippen LogP contribution in [0.25, 0.3) is 0 Å². The fraction of sp³-hybridized carbons (Fsp3) is 0.108. The van der Waals surface area contributed by atoms with Crippen molar-refractivity contribution in [2.75, 3.05) is 10.7 Å². The fourth-order valence-corrected chi connectivity index (χ4v) is 6.38. The van der Waals surface area contributed by atoms with E-state index in [2.05, 4.69) is 22.2 Å². The molecule has 2 heterocycles. The van der Waals surface area contributed by atoms with E-state index in [1.54, 1.807) is 49.4 Å². The number of hydrogen-bond donors (Lipinski definition) is 2. The van der Waals surface area contributed by atoms with Gasteiger partial charge in [-0.25, -0.2) is 0 Å². The predicted octanol–water partition coefficient (Wildman–Crippen LogP) is 5.64. The minimum atomic E-state index is -1.58. The van der Waals surface area contributed by atoms with Gasteiger partial charge in [-0.15, -0.1) is 0 Å². The molecule has 13 heteroatoms. The number of amides is 5. The Hall–Kier alpha value is -5.43. The summed E-state index contributed by atoms with van der Waals surface area (Å²) in [4.78, 5) is 74.0. The Labute approximate surface area is 303 Å². The zero-order chi connectivity index (χ0) is 35.8. The molecule has 10 nitrogen and oxygen atoms in total. The van der Waals surface area contributed by atoms with Gasteiger partial charge in [-0.3, -0.25) is 33.8 Å². The average Bonchev–Trinajstić information content (AvgIpc) is 3.11. The average molecular weight is 724 g/mol. The van der Waals surface area contributed by atoms with E-state index in [9.17, 15) is 24.0 Å². The van der Waals surface area contributed by atoms with Gasteiger partial charge in [0.05, 0.1) is 17.5 Å². The molecule has 3 aromatic rings. The summed E-state index contributed by atoms with van der Waals surface area (Å²) in [7, 11) is 0. The highest BCUT2D eigenvalue weighted by Gasteiger charge is 2.42. The molecule has 0 saturated carbocycles. The molecule has 0 radical (unpaired) electrons. The molecule has 0 spiro atoms. The number of carbonyl (C=O) groups is 5. The molecule has 252 valence electrons. The first kappa shape index (κ1) is 35.9. The van der Waals surface area contributed by atoms with Gasteiger partial charge in [-0.05, 0) is 66.7 Å². The van der Waals surface area contributed by atoms with Gasteiger partial charge in [-0.1, -0.05) is 109 Å². The number of benzene rings is 3. The Balaban J connectivity index is 1.43. The van der Waals surface area contributed by atoms with Gasteiger partial charge in [0.2, 0.25) is 17.7 Å². The Kier molecular flexibility index (Phi) is 11.7. The summed E-state index contributed by atoms with van der Waals surface area (Å²) in [5.41, 5.74) is 1.89. The van der Waals surface area contributed by atoms with Crippen LogP contribution in [0.4, 0.5) is 5.69 Å². The Bertz CT molecular complexity index is 1940. The first-order valence-corrected chi connectivity index (χ1v) is 17.0.